The van der Waals surface area contributed by atoms with Crippen LogP contribution in [0.25, 0.3) is 23.0 Å². The van der Waals surface area contributed by atoms with E-state index in [2.05, 4.69) is 32.0 Å². The summed E-state index contributed by atoms with van der Waals surface area (Å²) in [5, 5.41) is 8.40. The maximum Gasteiger partial charge on any atom is 0.237 e. The number of fused-ring (bicyclic) bond motifs is 3. The molecule has 0 N–H and O–H groups in total. The van der Waals surface area contributed by atoms with Crippen molar-refractivity contribution in [3.63, 3.8) is 0 Å². The molecule has 9 nitrogen and oxygen atoms in total. The van der Waals surface area contributed by atoms with E-state index in [4.69, 9.17) is 9.72 Å². The Morgan fingerprint density at radius 2 is 2.00 bits per heavy atom. The molecule has 3 aromatic heterocycles. The van der Waals surface area contributed by atoms with Gasteiger partial charge < -0.3 is 9.64 Å². The first-order chi connectivity index (χ1) is 16.1. The van der Waals surface area contributed by atoms with Crippen molar-refractivity contribution in [3.05, 3.63) is 60.6 Å². The summed E-state index contributed by atoms with van der Waals surface area (Å²) in [4.78, 5) is 15.7. The molecule has 33 heavy (non-hydrogen) atoms. The lowest BCUT2D eigenvalue weighted by Gasteiger charge is -2.36. The van der Waals surface area contributed by atoms with E-state index >= 15 is 0 Å². The van der Waals surface area contributed by atoms with E-state index < -0.39 is 11.6 Å². The van der Waals surface area contributed by atoms with Gasteiger partial charge in [-0.15, -0.1) is 10.2 Å². The van der Waals surface area contributed by atoms with Crippen molar-refractivity contribution in [2.24, 2.45) is 0 Å². The Balaban J connectivity index is 1.61. The maximum absolute atomic E-state index is 14.5. The summed E-state index contributed by atoms with van der Waals surface area (Å²) in [6.45, 7) is 5.77. The van der Waals surface area contributed by atoms with E-state index in [0.29, 0.717) is 31.5 Å². The molecule has 0 spiro atoms. The molecule has 0 saturated heterocycles. The molecule has 0 amide bonds. The molecule has 0 saturated carbocycles. The fourth-order valence-electron chi connectivity index (χ4n) is 4.11. The van der Waals surface area contributed by atoms with Crippen LogP contribution in [0.5, 0.6) is 0 Å². The van der Waals surface area contributed by atoms with Gasteiger partial charge in [0.25, 0.3) is 0 Å². The minimum Gasteiger partial charge on any atom is -0.380 e. The van der Waals surface area contributed by atoms with E-state index in [-0.39, 0.29) is 17.4 Å². The highest BCUT2D eigenvalue weighted by Gasteiger charge is 2.33. The van der Waals surface area contributed by atoms with Gasteiger partial charge in [0.15, 0.2) is 11.6 Å². The number of hydrogen-bond donors (Lipinski definition) is 0. The maximum atomic E-state index is 14.5. The van der Waals surface area contributed by atoms with Gasteiger partial charge >= 0.3 is 0 Å². The van der Waals surface area contributed by atoms with Gasteiger partial charge in [-0.05, 0) is 25.5 Å². The second-order valence-corrected chi connectivity index (χ2v) is 7.50. The molecule has 5 rings (SSSR count). The standard InChI is InChI=1S/C22H22F2N8O/c1-3-17-21-29-27-13-32(21)18-12-26-22(28-20(18)30(17)9-10-33-4-2)31-8-7-25-19(31)15-6-5-14(23)11-16(15)24/h5-8,11-13,17H,3-4,9-10H2,1-2H3/t17-/m1/s1. The predicted molar refractivity (Wildman–Crippen MR) is 116 cm³/mol. The van der Waals surface area contributed by atoms with Crippen molar-refractivity contribution in [1.82, 2.24) is 34.3 Å². The van der Waals surface area contributed by atoms with Crippen molar-refractivity contribution < 1.29 is 13.5 Å². The normalized spacial score (nSPS) is 14.9. The second kappa shape index (κ2) is 8.66. The Hall–Kier alpha value is -3.73. The van der Waals surface area contributed by atoms with E-state index in [1.165, 1.54) is 18.3 Å². The molecule has 0 radical (unpaired) electrons. The molecule has 170 valence electrons. The first-order valence-corrected chi connectivity index (χ1v) is 10.7. The molecule has 0 bridgehead atoms. The Bertz CT molecular complexity index is 1290. The molecular weight excluding hydrogens is 430 g/mol. The molecular formula is C22H22F2N8O. The largest absolute Gasteiger partial charge is 0.380 e. The van der Waals surface area contributed by atoms with E-state index in [1.54, 1.807) is 23.3 Å². The third-order valence-corrected chi connectivity index (χ3v) is 5.61. The summed E-state index contributed by atoms with van der Waals surface area (Å²) < 4.78 is 37.0. The zero-order chi connectivity index (χ0) is 22.9. The van der Waals surface area contributed by atoms with Gasteiger partial charge in [0.2, 0.25) is 5.95 Å². The number of anilines is 1. The van der Waals surface area contributed by atoms with Crippen LogP contribution in [-0.2, 0) is 4.74 Å². The summed E-state index contributed by atoms with van der Waals surface area (Å²) in [6, 6.07) is 3.34. The topological polar surface area (TPSA) is 86.8 Å². The number of imidazole rings is 1. The average Bonchev–Trinajstić information content (AvgIpc) is 3.49. The smallest absolute Gasteiger partial charge is 0.237 e. The van der Waals surface area contributed by atoms with E-state index in [1.807, 2.05) is 11.5 Å². The fraction of sp³-hybridized carbons (Fsp3) is 0.318. The molecule has 1 aliphatic heterocycles. The Morgan fingerprint density at radius 1 is 1.12 bits per heavy atom. The predicted octanol–water partition coefficient (Wildman–Crippen LogP) is 3.50. The third-order valence-electron chi connectivity index (χ3n) is 5.61. The van der Waals surface area contributed by atoms with Crippen LogP contribution in [-0.4, -0.2) is 54.0 Å². The van der Waals surface area contributed by atoms with Crippen molar-refractivity contribution in [1.29, 1.82) is 0 Å². The number of halogens is 2. The summed E-state index contributed by atoms with van der Waals surface area (Å²) >= 11 is 0. The highest BCUT2D eigenvalue weighted by Crippen LogP contribution is 2.38. The number of hydrogen-bond acceptors (Lipinski definition) is 7. The van der Waals surface area contributed by atoms with Crippen LogP contribution in [0.4, 0.5) is 14.6 Å². The summed E-state index contributed by atoms with van der Waals surface area (Å²) in [7, 11) is 0. The van der Waals surface area contributed by atoms with E-state index in [0.717, 1.165) is 24.0 Å². The van der Waals surface area contributed by atoms with E-state index in [9.17, 15) is 8.78 Å². The van der Waals surface area contributed by atoms with Crippen molar-refractivity contribution >= 4 is 5.82 Å². The van der Waals surface area contributed by atoms with Gasteiger partial charge in [-0.2, -0.15) is 4.98 Å². The van der Waals surface area contributed by atoms with Crippen LogP contribution in [0.2, 0.25) is 0 Å². The minimum atomic E-state index is -0.709. The van der Waals surface area contributed by atoms with Crippen LogP contribution >= 0.6 is 0 Å². The van der Waals surface area contributed by atoms with Gasteiger partial charge in [0.1, 0.15) is 29.5 Å². The average molecular weight is 452 g/mol. The highest BCUT2D eigenvalue weighted by molar-refractivity contribution is 5.63. The molecule has 0 aliphatic carbocycles. The number of rotatable bonds is 7. The highest BCUT2D eigenvalue weighted by atomic mass is 19.1. The molecule has 0 fully saturated rings. The van der Waals surface area contributed by atoms with Crippen molar-refractivity contribution in [2.45, 2.75) is 26.3 Å². The van der Waals surface area contributed by atoms with Crippen LogP contribution in [0.1, 0.15) is 32.1 Å². The SMILES string of the molecule is CCOCCN1c2nc(-n3ccnc3-c3ccc(F)cc3F)ncc2-n2cnnc2[C@H]1CC. The van der Waals surface area contributed by atoms with Gasteiger partial charge in [0, 0.05) is 31.6 Å². The summed E-state index contributed by atoms with van der Waals surface area (Å²) in [5.41, 5.74) is 0.901. The minimum absolute atomic E-state index is 0.0417. The monoisotopic (exact) mass is 452 g/mol. The molecule has 1 atom stereocenters. The number of benzene rings is 1. The zero-order valence-corrected chi connectivity index (χ0v) is 18.2. The van der Waals surface area contributed by atoms with Gasteiger partial charge in [-0.25, -0.2) is 18.7 Å². The van der Waals surface area contributed by atoms with Crippen molar-refractivity contribution in [2.75, 3.05) is 24.7 Å². The molecule has 11 heteroatoms. The summed E-state index contributed by atoms with van der Waals surface area (Å²) in [5.74, 6) is 0.741. The molecule has 4 heterocycles. The van der Waals surface area contributed by atoms with Gasteiger partial charge in [0.05, 0.1) is 24.4 Å². The number of aromatic nitrogens is 7. The van der Waals surface area contributed by atoms with Crippen LogP contribution in [0.3, 0.4) is 0 Å². The quantitative estimate of drug-likeness (QED) is 0.397. The van der Waals surface area contributed by atoms with Gasteiger partial charge in [-0.1, -0.05) is 6.92 Å². The van der Waals surface area contributed by atoms with Gasteiger partial charge in [-0.3, -0.25) is 9.13 Å². The fourth-order valence-corrected chi connectivity index (χ4v) is 4.11. The first-order valence-electron chi connectivity index (χ1n) is 10.7. The van der Waals surface area contributed by atoms with Crippen molar-refractivity contribution in [3.8, 4) is 23.0 Å². The third kappa shape index (κ3) is 3.63. The lowest BCUT2D eigenvalue weighted by Crippen LogP contribution is -2.38. The molecule has 4 aromatic rings. The van der Waals surface area contributed by atoms with Crippen LogP contribution < -0.4 is 4.90 Å². The lowest BCUT2D eigenvalue weighted by molar-refractivity contribution is 0.151. The summed E-state index contributed by atoms with van der Waals surface area (Å²) in [6.07, 6.45) is 7.31. The Labute approximate surface area is 188 Å². The first kappa shape index (κ1) is 21.1. The molecule has 1 aliphatic rings. The lowest BCUT2D eigenvalue weighted by atomic mass is 10.1. The van der Waals surface area contributed by atoms with Crippen LogP contribution in [0, 0.1) is 11.6 Å². The molecule has 0 unspecified atom stereocenters. The number of ether oxygens (including phenoxy) is 1. The van der Waals surface area contributed by atoms with Crippen LogP contribution in [0.15, 0.2) is 43.1 Å². The molecule has 1 aromatic carbocycles. The Morgan fingerprint density at radius 3 is 2.79 bits per heavy atom. The zero-order valence-electron chi connectivity index (χ0n) is 18.2. The second-order valence-electron chi connectivity index (χ2n) is 7.50. The Kier molecular flexibility index (Phi) is 5.55. The number of nitrogens with zero attached hydrogens (tertiary/aromatic N) is 8.